The summed E-state index contributed by atoms with van der Waals surface area (Å²) in [5, 5.41) is 15.6. The first kappa shape index (κ1) is 15.0. The van der Waals surface area contributed by atoms with E-state index >= 15 is 0 Å². The van der Waals surface area contributed by atoms with E-state index in [1.165, 1.54) is 5.56 Å². The van der Waals surface area contributed by atoms with Crippen LogP contribution in [0.4, 0.5) is 0 Å². The molecule has 4 rings (SSSR count). The predicted molar refractivity (Wildman–Crippen MR) is 95.9 cm³/mol. The van der Waals surface area contributed by atoms with Gasteiger partial charge in [-0.15, -0.1) is 11.3 Å². The van der Waals surface area contributed by atoms with Crippen molar-refractivity contribution in [2.24, 2.45) is 0 Å². The monoisotopic (exact) mass is 336 g/mol. The lowest BCUT2D eigenvalue weighted by Gasteiger charge is -2.05. The maximum absolute atomic E-state index is 9.02. The van der Waals surface area contributed by atoms with Crippen molar-refractivity contribution in [3.05, 3.63) is 53.8 Å². The third-order valence-corrected chi connectivity index (χ3v) is 5.03. The quantitative estimate of drug-likeness (QED) is 0.619. The summed E-state index contributed by atoms with van der Waals surface area (Å²) < 4.78 is 2.85. The molecule has 4 aromatic rings. The van der Waals surface area contributed by atoms with Gasteiger partial charge in [0, 0.05) is 17.3 Å². The standard InChI is InChI=1S/C18H16N4OS/c1-12-10-24-18-16(12)19-11-20-17(18)14-4-2-3-13(9-14)15-5-6-22(21-15)7-8-23/h2-6,9-11,23H,7-8H2,1H3. The summed E-state index contributed by atoms with van der Waals surface area (Å²) in [5.74, 6) is 0. The average Bonchev–Trinajstić information content (AvgIpc) is 3.23. The highest BCUT2D eigenvalue weighted by atomic mass is 32.1. The molecule has 1 aromatic carbocycles. The highest BCUT2D eigenvalue weighted by molar-refractivity contribution is 7.17. The van der Waals surface area contributed by atoms with E-state index < -0.39 is 0 Å². The first-order valence-electron chi connectivity index (χ1n) is 7.70. The van der Waals surface area contributed by atoms with Gasteiger partial charge in [-0.25, -0.2) is 9.97 Å². The van der Waals surface area contributed by atoms with Crippen LogP contribution in [0.2, 0.25) is 0 Å². The molecule has 0 fully saturated rings. The number of hydrogen-bond acceptors (Lipinski definition) is 5. The summed E-state index contributed by atoms with van der Waals surface area (Å²) in [6, 6.07) is 10.2. The zero-order chi connectivity index (χ0) is 16.5. The Labute approximate surface area is 143 Å². The number of aromatic nitrogens is 4. The number of nitrogens with zero attached hydrogens (tertiary/aromatic N) is 4. The number of fused-ring (bicyclic) bond motifs is 1. The van der Waals surface area contributed by atoms with E-state index in [9.17, 15) is 0 Å². The molecular formula is C18H16N4OS. The van der Waals surface area contributed by atoms with Crippen LogP contribution in [0, 0.1) is 6.92 Å². The Bertz CT molecular complexity index is 1010. The SMILES string of the molecule is Cc1csc2c(-c3cccc(-c4ccn(CCO)n4)c3)ncnc12. The predicted octanol–water partition coefficient (Wildman–Crippen LogP) is 3.52. The fraction of sp³-hybridized carbons (Fsp3) is 0.167. The van der Waals surface area contributed by atoms with Crippen LogP contribution in [0.25, 0.3) is 32.7 Å². The van der Waals surface area contributed by atoms with Crippen molar-refractivity contribution in [1.29, 1.82) is 0 Å². The van der Waals surface area contributed by atoms with Gasteiger partial charge in [-0.1, -0.05) is 18.2 Å². The topological polar surface area (TPSA) is 63.8 Å². The van der Waals surface area contributed by atoms with Crippen molar-refractivity contribution >= 4 is 21.6 Å². The molecule has 0 unspecified atom stereocenters. The molecule has 3 heterocycles. The van der Waals surface area contributed by atoms with Gasteiger partial charge in [-0.2, -0.15) is 5.10 Å². The Hall–Kier alpha value is -2.57. The molecule has 6 heteroatoms. The van der Waals surface area contributed by atoms with Crippen molar-refractivity contribution in [1.82, 2.24) is 19.7 Å². The van der Waals surface area contributed by atoms with Crippen molar-refractivity contribution in [3.63, 3.8) is 0 Å². The van der Waals surface area contributed by atoms with Gasteiger partial charge in [-0.3, -0.25) is 4.68 Å². The van der Waals surface area contributed by atoms with E-state index in [-0.39, 0.29) is 6.61 Å². The van der Waals surface area contributed by atoms with E-state index in [1.54, 1.807) is 22.3 Å². The van der Waals surface area contributed by atoms with E-state index in [2.05, 4.69) is 39.5 Å². The Morgan fingerprint density at radius 1 is 1.17 bits per heavy atom. The first-order valence-corrected chi connectivity index (χ1v) is 8.58. The van der Waals surface area contributed by atoms with Crippen LogP contribution >= 0.6 is 11.3 Å². The summed E-state index contributed by atoms with van der Waals surface area (Å²) >= 11 is 1.68. The molecule has 24 heavy (non-hydrogen) atoms. The van der Waals surface area contributed by atoms with Gasteiger partial charge in [0.25, 0.3) is 0 Å². The molecule has 0 aliphatic rings. The van der Waals surface area contributed by atoms with Crippen LogP contribution in [-0.4, -0.2) is 31.5 Å². The second kappa shape index (κ2) is 6.14. The number of thiophene rings is 1. The van der Waals surface area contributed by atoms with Gasteiger partial charge in [0.15, 0.2) is 0 Å². The molecule has 5 nitrogen and oxygen atoms in total. The van der Waals surface area contributed by atoms with Crippen molar-refractivity contribution < 1.29 is 5.11 Å². The van der Waals surface area contributed by atoms with Crippen molar-refractivity contribution in [2.75, 3.05) is 6.61 Å². The molecule has 0 spiro atoms. The van der Waals surface area contributed by atoms with Crippen molar-refractivity contribution in [2.45, 2.75) is 13.5 Å². The third kappa shape index (κ3) is 2.60. The number of benzene rings is 1. The van der Waals surface area contributed by atoms with Crippen LogP contribution < -0.4 is 0 Å². The summed E-state index contributed by atoms with van der Waals surface area (Å²) in [5.41, 5.74) is 6.12. The Morgan fingerprint density at radius 3 is 2.92 bits per heavy atom. The van der Waals surface area contributed by atoms with Crippen LogP contribution in [-0.2, 0) is 6.54 Å². The highest BCUT2D eigenvalue weighted by Crippen LogP contribution is 2.33. The Kier molecular flexibility index (Phi) is 3.84. The summed E-state index contributed by atoms with van der Waals surface area (Å²) in [4.78, 5) is 8.89. The number of aliphatic hydroxyl groups excluding tert-OH is 1. The second-order valence-electron chi connectivity index (χ2n) is 5.59. The van der Waals surface area contributed by atoms with E-state index in [0.29, 0.717) is 6.54 Å². The molecular weight excluding hydrogens is 320 g/mol. The molecule has 0 aliphatic heterocycles. The average molecular weight is 336 g/mol. The molecule has 0 amide bonds. The lowest BCUT2D eigenvalue weighted by Crippen LogP contribution is -2.02. The first-order chi connectivity index (χ1) is 11.8. The van der Waals surface area contributed by atoms with Gasteiger partial charge >= 0.3 is 0 Å². The summed E-state index contributed by atoms with van der Waals surface area (Å²) in [7, 11) is 0. The lowest BCUT2D eigenvalue weighted by molar-refractivity contribution is 0.269. The van der Waals surface area contributed by atoms with Crippen LogP contribution in [0.15, 0.2) is 48.2 Å². The van der Waals surface area contributed by atoms with E-state index in [0.717, 1.165) is 32.7 Å². The van der Waals surface area contributed by atoms with E-state index in [4.69, 9.17) is 5.11 Å². The van der Waals surface area contributed by atoms with E-state index in [1.807, 2.05) is 24.4 Å². The molecule has 3 aromatic heterocycles. The Balaban J connectivity index is 1.79. The molecule has 0 atom stereocenters. The molecule has 0 saturated carbocycles. The largest absolute Gasteiger partial charge is 0.394 e. The molecule has 0 saturated heterocycles. The van der Waals surface area contributed by atoms with Crippen LogP contribution in [0.5, 0.6) is 0 Å². The minimum Gasteiger partial charge on any atom is -0.394 e. The normalized spacial score (nSPS) is 11.2. The lowest BCUT2D eigenvalue weighted by atomic mass is 10.1. The third-order valence-electron chi connectivity index (χ3n) is 3.93. The number of aryl methyl sites for hydroxylation is 1. The van der Waals surface area contributed by atoms with Gasteiger partial charge < -0.3 is 5.11 Å². The maximum Gasteiger partial charge on any atom is 0.116 e. The zero-order valence-electron chi connectivity index (χ0n) is 13.2. The molecule has 0 aliphatic carbocycles. The van der Waals surface area contributed by atoms with Crippen molar-refractivity contribution in [3.8, 4) is 22.5 Å². The molecule has 1 N–H and O–H groups in total. The summed E-state index contributed by atoms with van der Waals surface area (Å²) in [6.07, 6.45) is 3.50. The molecule has 120 valence electrons. The van der Waals surface area contributed by atoms with Gasteiger partial charge in [0.2, 0.25) is 0 Å². The molecule has 0 radical (unpaired) electrons. The number of rotatable bonds is 4. The second-order valence-corrected chi connectivity index (χ2v) is 6.47. The number of hydrogen-bond donors (Lipinski definition) is 1. The maximum atomic E-state index is 9.02. The fourth-order valence-electron chi connectivity index (χ4n) is 2.74. The minimum absolute atomic E-state index is 0.0812. The fourth-order valence-corrected chi connectivity index (χ4v) is 3.76. The number of aliphatic hydroxyl groups is 1. The zero-order valence-corrected chi connectivity index (χ0v) is 14.0. The molecule has 0 bridgehead atoms. The van der Waals surface area contributed by atoms with Gasteiger partial charge in [-0.05, 0) is 30.0 Å². The highest BCUT2D eigenvalue weighted by Gasteiger charge is 2.11. The van der Waals surface area contributed by atoms with Gasteiger partial charge in [0.1, 0.15) is 6.33 Å². The Morgan fingerprint density at radius 2 is 2.04 bits per heavy atom. The minimum atomic E-state index is 0.0812. The van der Waals surface area contributed by atoms with Gasteiger partial charge in [0.05, 0.1) is 34.8 Å². The van der Waals surface area contributed by atoms with Crippen LogP contribution in [0.3, 0.4) is 0 Å². The summed E-state index contributed by atoms with van der Waals surface area (Å²) in [6.45, 7) is 2.65. The van der Waals surface area contributed by atoms with Crippen LogP contribution in [0.1, 0.15) is 5.56 Å². The smallest absolute Gasteiger partial charge is 0.116 e.